The highest BCUT2D eigenvalue weighted by Crippen LogP contribution is 2.30. The lowest BCUT2D eigenvalue weighted by Crippen LogP contribution is -2.15. The van der Waals surface area contributed by atoms with Gasteiger partial charge in [-0.05, 0) is 43.3 Å². The molecule has 2 aromatic carbocycles. The second-order valence-corrected chi connectivity index (χ2v) is 6.06. The Morgan fingerprint density at radius 1 is 1.07 bits per heavy atom. The van der Waals surface area contributed by atoms with E-state index in [1.807, 2.05) is 6.07 Å². The monoisotopic (exact) mass is 389 g/mol. The largest absolute Gasteiger partial charge is 0.497 e. The fraction of sp³-hybridized carbons (Fsp3) is 0.143. The maximum atomic E-state index is 12.6. The number of nitrogens with one attached hydrogen (secondary N) is 2. The summed E-state index contributed by atoms with van der Waals surface area (Å²) in [7, 11) is 3.12. The average molecular weight is 389 g/mol. The average Bonchev–Trinajstić information content (AvgIpc) is 2.73. The van der Waals surface area contributed by atoms with Crippen molar-refractivity contribution in [1.29, 1.82) is 5.26 Å². The Morgan fingerprint density at radius 3 is 2.62 bits per heavy atom. The molecule has 0 atom stereocenters. The molecule has 0 unspecified atom stereocenters. The number of carbonyl (C=O) groups is 1. The van der Waals surface area contributed by atoms with E-state index in [4.69, 9.17) is 14.7 Å². The van der Waals surface area contributed by atoms with E-state index in [-0.39, 0.29) is 11.6 Å². The number of methoxy groups -OCH3 is 2. The molecule has 1 heterocycles. The summed E-state index contributed by atoms with van der Waals surface area (Å²) in [4.78, 5) is 21.3. The van der Waals surface area contributed by atoms with Gasteiger partial charge in [0.2, 0.25) is 5.95 Å². The van der Waals surface area contributed by atoms with E-state index in [0.29, 0.717) is 34.1 Å². The molecule has 8 nitrogen and oxygen atoms in total. The van der Waals surface area contributed by atoms with Crippen molar-refractivity contribution in [2.75, 3.05) is 24.9 Å². The van der Waals surface area contributed by atoms with Crippen LogP contribution in [0.2, 0.25) is 0 Å². The van der Waals surface area contributed by atoms with E-state index in [0.717, 1.165) is 0 Å². The van der Waals surface area contributed by atoms with Crippen molar-refractivity contribution in [3.05, 3.63) is 65.5 Å². The van der Waals surface area contributed by atoms with Gasteiger partial charge in [0.25, 0.3) is 5.91 Å². The van der Waals surface area contributed by atoms with Gasteiger partial charge in [-0.1, -0.05) is 6.07 Å². The zero-order chi connectivity index (χ0) is 20.8. The fourth-order valence-corrected chi connectivity index (χ4v) is 2.63. The number of ether oxygens (including phenoxy) is 2. The molecule has 29 heavy (non-hydrogen) atoms. The quantitative estimate of drug-likeness (QED) is 0.662. The number of aromatic nitrogens is 2. The van der Waals surface area contributed by atoms with E-state index in [1.165, 1.54) is 0 Å². The van der Waals surface area contributed by atoms with Crippen LogP contribution in [0.4, 0.5) is 17.3 Å². The van der Waals surface area contributed by atoms with Crippen LogP contribution in [0.3, 0.4) is 0 Å². The predicted octanol–water partition coefficient (Wildman–Crippen LogP) is 3.67. The third-order valence-electron chi connectivity index (χ3n) is 3.99. The minimum atomic E-state index is -0.411. The number of nitriles is 1. The van der Waals surface area contributed by atoms with Crippen LogP contribution in [0.25, 0.3) is 0 Å². The lowest BCUT2D eigenvalue weighted by Gasteiger charge is -2.13. The molecule has 8 heteroatoms. The number of rotatable bonds is 6. The van der Waals surface area contributed by atoms with Crippen molar-refractivity contribution >= 4 is 23.2 Å². The van der Waals surface area contributed by atoms with Gasteiger partial charge in [-0.2, -0.15) is 5.26 Å². The summed E-state index contributed by atoms with van der Waals surface area (Å²) in [6, 6.07) is 15.5. The third kappa shape index (κ3) is 4.78. The summed E-state index contributed by atoms with van der Waals surface area (Å²) in [6.07, 6.45) is 0. The number of carbonyl (C=O) groups excluding carboxylic acids is 1. The fourth-order valence-electron chi connectivity index (χ4n) is 2.63. The number of amides is 1. The maximum absolute atomic E-state index is 12.6. The van der Waals surface area contributed by atoms with Gasteiger partial charge in [0.15, 0.2) is 0 Å². The second kappa shape index (κ2) is 8.71. The highest BCUT2D eigenvalue weighted by Gasteiger charge is 2.13. The van der Waals surface area contributed by atoms with Crippen LogP contribution in [-0.4, -0.2) is 30.1 Å². The smallest absolute Gasteiger partial charge is 0.274 e. The molecule has 1 aromatic heterocycles. The SMILES string of the molecule is COc1ccc(OC)c(Nc2nc(C)cc(C(=O)Nc3cccc(C#N)c3)n2)c1. The molecule has 3 aromatic rings. The molecule has 0 radical (unpaired) electrons. The second-order valence-electron chi connectivity index (χ2n) is 6.06. The van der Waals surface area contributed by atoms with Crippen molar-refractivity contribution in [2.45, 2.75) is 6.92 Å². The van der Waals surface area contributed by atoms with Crippen molar-refractivity contribution < 1.29 is 14.3 Å². The van der Waals surface area contributed by atoms with Gasteiger partial charge in [0.05, 0.1) is 31.5 Å². The topological polar surface area (TPSA) is 109 Å². The Balaban J connectivity index is 1.86. The molecule has 3 rings (SSSR count). The van der Waals surface area contributed by atoms with E-state index in [2.05, 4.69) is 20.6 Å². The van der Waals surface area contributed by atoms with Gasteiger partial charge in [0, 0.05) is 17.4 Å². The van der Waals surface area contributed by atoms with Gasteiger partial charge >= 0.3 is 0 Å². The number of nitrogens with zero attached hydrogens (tertiary/aromatic N) is 3. The summed E-state index contributed by atoms with van der Waals surface area (Å²) in [6.45, 7) is 1.77. The van der Waals surface area contributed by atoms with Gasteiger partial charge < -0.3 is 20.1 Å². The summed E-state index contributed by atoms with van der Waals surface area (Å²) in [5.74, 6) is 1.05. The first-order valence-electron chi connectivity index (χ1n) is 8.68. The number of aryl methyl sites for hydroxylation is 1. The van der Waals surface area contributed by atoms with Crippen LogP contribution in [0.15, 0.2) is 48.5 Å². The molecule has 0 saturated heterocycles. The van der Waals surface area contributed by atoms with E-state index >= 15 is 0 Å². The molecule has 1 amide bonds. The van der Waals surface area contributed by atoms with Crippen molar-refractivity contribution in [3.8, 4) is 17.6 Å². The zero-order valence-corrected chi connectivity index (χ0v) is 16.2. The molecular weight excluding hydrogens is 370 g/mol. The Labute approximate surface area is 168 Å². The van der Waals surface area contributed by atoms with Crippen LogP contribution < -0.4 is 20.1 Å². The highest BCUT2D eigenvalue weighted by molar-refractivity contribution is 6.03. The Morgan fingerprint density at radius 2 is 1.90 bits per heavy atom. The molecular formula is C21H19N5O3. The Kier molecular flexibility index (Phi) is 5.90. The van der Waals surface area contributed by atoms with Gasteiger partial charge in [0.1, 0.15) is 17.2 Å². The zero-order valence-electron chi connectivity index (χ0n) is 16.2. The molecule has 0 bridgehead atoms. The Hall–Kier alpha value is -4.12. The van der Waals surface area contributed by atoms with Crippen LogP contribution in [-0.2, 0) is 0 Å². The minimum absolute atomic E-state index is 0.184. The molecule has 0 saturated carbocycles. The van der Waals surface area contributed by atoms with Crippen LogP contribution in [0.1, 0.15) is 21.7 Å². The third-order valence-corrected chi connectivity index (χ3v) is 3.99. The summed E-state index contributed by atoms with van der Waals surface area (Å²) >= 11 is 0. The first-order valence-corrected chi connectivity index (χ1v) is 8.68. The molecule has 0 aliphatic carbocycles. The lowest BCUT2D eigenvalue weighted by molar-refractivity contribution is 0.102. The van der Waals surface area contributed by atoms with Crippen LogP contribution >= 0.6 is 0 Å². The van der Waals surface area contributed by atoms with Gasteiger partial charge in [-0.25, -0.2) is 9.97 Å². The number of hydrogen-bond donors (Lipinski definition) is 2. The normalized spacial score (nSPS) is 10.0. The van der Waals surface area contributed by atoms with E-state index < -0.39 is 5.91 Å². The van der Waals surface area contributed by atoms with Crippen molar-refractivity contribution in [2.24, 2.45) is 0 Å². The number of benzene rings is 2. The minimum Gasteiger partial charge on any atom is -0.497 e. The van der Waals surface area contributed by atoms with Gasteiger partial charge in [-0.15, -0.1) is 0 Å². The van der Waals surface area contributed by atoms with Crippen LogP contribution in [0, 0.1) is 18.3 Å². The molecule has 0 fully saturated rings. The summed E-state index contributed by atoms with van der Waals surface area (Å²) in [5.41, 5.74) is 2.36. The molecule has 0 aliphatic rings. The number of anilines is 3. The first kappa shape index (κ1) is 19.6. The van der Waals surface area contributed by atoms with Crippen molar-refractivity contribution in [3.63, 3.8) is 0 Å². The van der Waals surface area contributed by atoms with E-state index in [1.54, 1.807) is 69.7 Å². The first-order chi connectivity index (χ1) is 14.0. The molecule has 146 valence electrons. The van der Waals surface area contributed by atoms with Crippen LogP contribution in [0.5, 0.6) is 11.5 Å². The summed E-state index contributed by atoms with van der Waals surface area (Å²) in [5, 5.41) is 14.8. The molecule has 0 aliphatic heterocycles. The predicted molar refractivity (Wildman–Crippen MR) is 109 cm³/mol. The lowest BCUT2D eigenvalue weighted by atomic mass is 10.2. The maximum Gasteiger partial charge on any atom is 0.274 e. The van der Waals surface area contributed by atoms with E-state index in [9.17, 15) is 4.79 Å². The standard InChI is InChI=1S/C21H19N5O3/c1-13-9-18(20(27)24-15-6-4-5-14(10-15)12-22)26-21(23-13)25-17-11-16(28-2)7-8-19(17)29-3/h4-11H,1-3H3,(H,24,27)(H,23,25,26). The van der Waals surface area contributed by atoms with Crippen molar-refractivity contribution in [1.82, 2.24) is 9.97 Å². The molecule has 0 spiro atoms. The highest BCUT2D eigenvalue weighted by atomic mass is 16.5. The molecule has 2 N–H and O–H groups in total. The summed E-state index contributed by atoms with van der Waals surface area (Å²) < 4.78 is 10.6. The number of hydrogen-bond acceptors (Lipinski definition) is 7. The van der Waals surface area contributed by atoms with Gasteiger partial charge in [-0.3, -0.25) is 4.79 Å². The Bertz CT molecular complexity index is 1090.